The van der Waals surface area contributed by atoms with E-state index in [1.807, 2.05) is 55.1 Å². The minimum Gasteiger partial charge on any atom is -0.399 e. The van der Waals surface area contributed by atoms with Crippen LogP contribution in [-0.2, 0) is 16.6 Å². The number of anilines is 1. The van der Waals surface area contributed by atoms with E-state index in [0.717, 1.165) is 33.3 Å². The average Bonchev–Trinajstić information content (AvgIpc) is 3.44. The highest BCUT2D eigenvalue weighted by atomic mass is 32.2. The second-order valence-electron chi connectivity index (χ2n) is 7.90. The van der Waals surface area contributed by atoms with E-state index in [4.69, 9.17) is 10.8 Å². The summed E-state index contributed by atoms with van der Waals surface area (Å²) >= 11 is 0. The van der Waals surface area contributed by atoms with Gasteiger partial charge in [-0.2, -0.15) is 5.10 Å². The molecule has 0 fully saturated rings. The normalized spacial score (nSPS) is 11.8. The molecule has 0 atom stereocenters. The number of rotatable bonds is 5. The van der Waals surface area contributed by atoms with Crippen LogP contribution < -0.4 is 5.73 Å². The molecule has 2 N–H and O–H groups in total. The van der Waals surface area contributed by atoms with Gasteiger partial charge in [-0.25, -0.2) is 17.4 Å². The molecular weight excluding hydrogens is 434 g/mol. The zero-order valence-electron chi connectivity index (χ0n) is 18.3. The summed E-state index contributed by atoms with van der Waals surface area (Å²) in [6, 6.07) is 18.1. The van der Waals surface area contributed by atoms with Crippen molar-refractivity contribution in [3.63, 3.8) is 0 Å². The predicted molar refractivity (Wildman–Crippen MR) is 130 cm³/mol. The molecule has 0 bridgehead atoms. The third-order valence-corrected chi connectivity index (χ3v) is 7.35. The van der Waals surface area contributed by atoms with Crippen molar-refractivity contribution < 1.29 is 8.42 Å². The highest BCUT2D eigenvalue weighted by Crippen LogP contribution is 2.36. The molecule has 5 aromatic rings. The highest BCUT2D eigenvalue weighted by molar-refractivity contribution is 7.90. The van der Waals surface area contributed by atoms with E-state index in [0.29, 0.717) is 17.9 Å². The maximum Gasteiger partial charge on any atom is 0.269 e. The largest absolute Gasteiger partial charge is 0.399 e. The molecule has 0 radical (unpaired) electrons. The SMILES string of the molecule is CCn1cc(-c2ccnc3c2ccn3S(=O)(=O)c2ccc(C)cc2)c(-c2cccc(N)c2)n1. The Labute approximate surface area is 192 Å². The molecule has 3 heterocycles. The van der Waals surface area contributed by atoms with Crippen molar-refractivity contribution in [2.75, 3.05) is 5.73 Å². The topological polar surface area (TPSA) is 95.8 Å². The van der Waals surface area contributed by atoms with Gasteiger partial charge in [0.05, 0.1) is 4.90 Å². The van der Waals surface area contributed by atoms with Gasteiger partial charge in [0, 0.05) is 47.3 Å². The number of hydrogen-bond donors (Lipinski definition) is 1. The Morgan fingerprint density at radius 3 is 2.52 bits per heavy atom. The van der Waals surface area contributed by atoms with Crippen LogP contribution in [0.1, 0.15) is 12.5 Å². The van der Waals surface area contributed by atoms with Crippen LogP contribution >= 0.6 is 0 Å². The van der Waals surface area contributed by atoms with Gasteiger partial charge in [0.15, 0.2) is 5.65 Å². The van der Waals surface area contributed by atoms with Gasteiger partial charge < -0.3 is 5.73 Å². The molecule has 0 unspecified atom stereocenters. The van der Waals surface area contributed by atoms with Crippen LogP contribution in [-0.4, -0.2) is 27.2 Å². The van der Waals surface area contributed by atoms with E-state index in [-0.39, 0.29) is 4.90 Å². The van der Waals surface area contributed by atoms with Gasteiger partial charge in [-0.15, -0.1) is 0 Å². The highest BCUT2D eigenvalue weighted by Gasteiger charge is 2.22. The van der Waals surface area contributed by atoms with Crippen LogP contribution in [0.2, 0.25) is 0 Å². The first kappa shape index (κ1) is 21.0. The van der Waals surface area contributed by atoms with Crippen LogP contribution in [0.3, 0.4) is 0 Å². The average molecular weight is 458 g/mol. The van der Waals surface area contributed by atoms with Crippen molar-refractivity contribution in [1.29, 1.82) is 0 Å². The molecule has 3 aromatic heterocycles. The molecule has 166 valence electrons. The van der Waals surface area contributed by atoms with Crippen LogP contribution in [0.25, 0.3) is 33.4 Å². The number of aromatic nitrogens is 4. The second-order valence-corrected chi connectivity index (χ2v) is 9.71. The van der Waals surface area contributed by atoms with Crippen molar-refractivity contribution in [3.8, 4) is 22.4 Å². The Hall–Kier alpha value is -3.91. The van der Waals surface area contributed by atoms with E-state index < -0.39 is 10.0 Å². The minimum absolute atomic E-state index is 0.219. The lowest BCUT2D eigenvalue weighted by atomic mass is 10.0. The lowest BCUT2D eigenvalue weighted by Crippen LogP contribution is -2.12. The minimum atomic E-state index is -3.79. The summed E-state index contributed by atoms with van der Waals surface area (Å²) in [4.78, 5) is 4.64. The maximum absolute atomic E-state index is 13.3. The number of hydrogen-bond acceptors (Lipinski definition) is 5. The summed E-state index contributed by atoms with van der Waals surface area (Å²) in [7, 11) is -3.79. The molecule has 0 spiro atoms. The molecule has 0 aliphatic rings. The lowest BCUT2D eigenvalue weighted by Gasteiger charge is -2.09. The van der Waals surface area contributed by atoms with Gasteiger partial charge in [-0.05, 0) is 55.8 Å². The molecule has 0 saturated heterocycles. The zero-order chi connectivity index (χ0) is 23.2. The Morgan fingerprint density at radius 1 is 1.00 bits per heavy atom. The molecule has 0 aliphatic carbocycles. The standard InChI is InChI=1S/C25H23N5O2S/c1-3-29-16-23(24(28-29)18-5-4-6-19(26)15-18)21-11-13-27-25-22(21)12-14-30(25)33(31,32)20-9-7-17(2)8-10-20/h4-16H,3,26H2,1-2H3. The fourth-order valence-corrected chi connectivity index (χ4v) is 5.25. The summed E-state index contributed by atoms with van der Waals surface area (Å²) in [6.45, 7) is 4.64. The molecule has 0 aliphatic heterocycles. The first-order chi connectivity index (χ1) is 15.9. The Bertz CT molecular complexity index is 1580. The molecule has 2 aromatic carbocycles. The molecule has 33 heavy (non-hydrogen) atoms. The maximum atomic E-state index is 13.3. The first-order valence-corrected chi connectivity index (χ1v) is 12.0. The van der Waals surface area contributed by atoms with Gasteiger partial charge in [0.2, 0.25) is 0 Å². The van der Waals surface area contributed by atoms with Crippen molar-refractivity contribution in [1.82, 2.24) is 18.7 Å². The van der Waals surface area contributed by atoms with Crippen LogP contribution in [0.4, 0.5) is 5.69 Å². The number of nitrogens with zero attached hydrogens (tertiary/aromatic N) is 4. The first-order valence-electron chi connectivity index (χ1n) is 10.6. The second kappa shape index (κ2) is 7.90. The lowest BCUT2D eigenvalue weighted by molar-refractivity contribution is 0.588. The van der Waals surface area contributed by atoms with Crippen LogP contribution in [0.15, 0.2) is 84.1 Å². The van der Waals surface area contributed by atoms with Crippen LogP contribution in [0.5, 0.6) is 0 Å². The molecule has 0 saturated carbocycles. The third kappa shape index (κ3) is 3.58. The fourth-order valence-electron chi connectivity index (χ4n) is 3.95. The van der Waals surface area contributed by atoms with Crippen molar-refractivity contribution in [2.24, 2.45) is 0 Å². The van der Waals surface area contributed by atoms with Crippen LogP contribution in [0, 0.1) is 6.92 Å². The van der Waals surface area contributed by atoms with Gasteiger partial charge >= 0.3 is 0 Å². The van der Waals surface area contributed by atoms with E-state index in [1.165, 1.54) is 3.97 Å². The van der Waals surface area contributed by atoms with Gasteiger partial charge in [0.25, 0.3) is 10.0 Å². The van der Waals surface area contributed by atoms with Gasteiger partial charge in [-0.3, -0.25) is 4.68 Å². The number of benzene rings is 2. The fraction of sp³-hybridized carbons (Fsp3) is 0.120. The molecule has 0 amide bonds. The van der Waals surface area contributed by atoms with Crippen molar-refractivity contribution in [2.45, 2.75) is 25.3 Å². The molecule has 8 heteroatoms. The van der Waals surface area contributed by atoms with E-state index in [1.54, 1.807) is 42.7 Å². The Balaban J connectivity index is 1.70. The van der Waals surface area contributed by atoms with Crippen molar-refractivity contribution >= 4 is 26.7 Å². The van der Waals surface area contributed by atoms with E-state index >= 15 is 0 Å². The summed E-state index contributed by atoms with van der Waals surface area (Å²) in [6.07, 6.45) is 5.16. The number of fused-ring (bicyclic) bond motifs is 1. The number of nitrogen functional groups attached to an aromatic ring is 1. The predicted octanol–water partition coefficient (Wildman–Crippen LogP) is 4.71. The van der Waals surface area contributed by atoms with E-state index in [2.05, 4.69) is 4.98 Å². The molecule has 5 rings (SSSR count). The molecular formula is C25H23N5O2S. The number of nitrogens with two attached hydrogens (primary N) is 1. The quantitative estimate of drug-likeness (QED) is 0.386. The van der Waals surface area contributed by atoms with Gasteiger partial charge in [-0.1, -0.05) is 29.8 Å². The summed E-state index contributed by atoms with van der Waals surface area (Å²) in [5, 5.41) is 5.48. The summed E-state index contributed by atoms with van der Waals surface area (Å²) in [5.74, 6) is 0. The molecule has 7 nitrogen and oxygen atoms in total. The van der Waals surface area contributed by atoms with Gasteiger partial charge in [0.1, 0.15) is 5.69 Å². The summed E-state index contributed by atoms with van der Waals surface area (Å²) < 4.78 is 29.8. The monoisotopic (exact) mass is 457 g/mol. The van der Waals surface area contributed by atoms with Crippen molar-refractivity contribution in [3.05, 3.63) is 84.8 Å². The number of pyridine rings is 1. The summed E-state index contributed by atoms with van der Waals surface area (Å²) in [5.41, 5.74) is 11.5. The Kier molecular flexibility index (Phi) is 5.02. The zero-order valence-corrected chi connectivity index (χ0v) is 19.1. The van der Waals surface area contributed by atoms with E-state index in [9.17, 15) is 8.42 Å². The smallest absolute Gasteiger partial charge is 0.269 e. The number of aryl methyl sites for hydroxylation is 2. The Morgan fingerprint density at radius 2 is 1.79 bits per heavy atom. The third-order valence-electron chi connectivity index (χ3n) is 5.67.